The Labute approximate surface area is 162 Å². The second-order valence-corrected chi connectivity index (χ2v) is 8.49. The molecule has 0 aromatic carbocycles. The van der Waals surface area contributed by atoms with E-state index in [9.17, 15) is 19.2 Å². The Bertz CT molecular complexity index is 538. The summed E-state index contributed by atoms with van der Waals surface area (Å²) in [6, 6.07) is -2.06. The summed E-state index contributed by atoms with van der Waals surface area (Å²) in [6.07, 6.45) is 0.853. The summed E-state index contributed by atoms with van der Waals surface area (Å²) >= 11 is 0. The lowest BCUT2D eigenvalue weighted by molar-refractivity contribution is -0.135. The summed E-state index contributed by atoms with van der Waals surface area (Å²) < 4.78 is 0. The maximum absolute atomic E-state index is 12.8. The number of nitrogens with two attached hydrogens (primary N) is 1. The average Bonchev–Trinajstić information content (AvgIpc) is 2.52. The highest BCUT2D eigenvalue weighted by atomic mass is 16.2. The van der Waals surface area contributed by atoms with Crippen LogP contribution in [0.2, 0.25) is 0 Å². The zero-order valence-corrected chi connectivity index (χ0v) is 17.6. The number of amides is 4. The first-order valence-electron chi connectivity index (χ1n) is 9.45. The number of carbonyl (C=O) groups excluding carboxylic acids is 4. The van der Waals surface area contributed by atoms with E-state index in [-0.39, 0.29) is 29.4 Å². The summed E-state index contributed by atoms with van der Waals surface area (Å²) in [6.45, 7) is 12.9. The van der Waals surface area contributed by atoms with E-state index in [1.54, 1.807) is 34.6 Å². The normalized spacial score (nSPS) is 13.8. The molecule has 0 radical (unpaired) electrons. The third kappa shape index (κ3) is 9.40. The lowest BCUT2D eigenvalue weighted by atomic mass is 9.84. The van der Waals surface area contributed by atoms with Gasteiger partial charge in [-0.2, -0.15) is 0 Å². The van der Waals surface area contributed by atoms with Crippen LogP contribution >= 0.6 is 0 Å². The van der Waals surface area contributed by atoms with Crippen LogP contribution in [0.15, 0.2) is 0 Å². The number of hydrogen-bond acceptors (Lipinski definition) is 4. The van der Waals surface area contributed by atoms with Gasteiger partial charge in [-0.25, -0.2) is 4.79 Å². The molecule has 0 spiro atoms. The van der Waals surface area contributed by atoms with Crippen molar-refractivity contribution in [1.82, 2.24) is 16.0 Å². The highest BCUT2D eigenvalue weighted by molar-refractivity contribution is 5.95. The molecule has 27 heavy (non-hydrogen) atoms. The number of Topliss-reactive ketones (excluding diaryl/α,β-unsaturated/α-hetero) is 1. The minimum atomic E-state index is -0.723. The van der Waals surface area contributed by atoms with E-state index in [0.29, 0.717) is 19.4 Å². The third-order valence-electron chi connectivity index (χ3n) is 4.11. The molecule has 0 fully saturated rings. The predicted octanol–water partition coefficient (Wildman–Crippen LogP) is 1.33. The molecule has 0 rings (SSSR count). The Kier molecular flexibility index (Phi) is 10.0. The van der Waals surface area contributed by atoms with E-state index in [0.717, 1.165) is 0 Å². The van der Waals surface area contributed by atoms with Crippen molar-refractivity contribution in [1.29, 1.82) is 0 Å². The summed E-state index contributed by atoms with van der Waals surface area (Å²) in [5, 5.41) is 8.00. The number of primary amides is 1. The van der Waals surface area contributed by atoms with Gasteiger partial charge < -0.3 is 21.7 Å². The molecule has 2 atom stereocenters. The minimum Gasteiger partial charge on any atom is -0.352 e. The van der Waals surface area contributed by atoms with Crippen molar-refractivity contribution in [3.05, 3.63) is 0 Å². The Morgan fingerprint density at radius 3 is 1.89 bits per heavy atom. The SMILES string of the molecule is CC(C)C(=O)N[C@H](C(=O)N[C@@H](CCCNC(N)=O)C(=O)C(C)(C)C)C(C)C. The maximum Gasteiger partial charge on any atom is 0.312 e. The number of carbonyl (C=O) groups is 4. The van der Waals surface area contributed by atoms with Gasteiger partial charge in [0.1, 0.15) is 6.04 Å². The van der Waals surface area contributed by atoms with Crippen LogP contribution in [0.3, 0.4) is 0 Å². The minimum absolute atomic E-state index is 0.104. The Morgan fingerprint density at radius 2 is 1.48 bits per heavy atom. The first kappa shape index (κ1) is 24.9. The van der Waals surface area contributed by atoms with Gasteiger partial charge >= 0.3 is 6.03 Å². The number of urea groups is 1. The second-order valence-electron chi connectivity index (χ2n) is 8.49. The van der Waals surface area contributed by atoms with E-state index in [2.05, 4.69) is 16.0 Å². The molecule has 8 heteroatoms. The van der Waals surface area contributed by atoms with Crippen LogP contribution in [-0.2, 0) is 14.4 Å². The summed E-state index contributed by atoms with van der Waals surface area (Å²) in [4.78, 5) is 48.3. The van der Waals surface area contributed by atoms with Crippen molar-refractivity contribution in [3.63, 3.8) is 0 Å². The molecule has 0 saturated heterocycles. The molecule has 0 aromatic heterocycles. The number of ketones is 1. The van der Waals surface area contributed by atoms with Crippen molar-refractivity contribution >= 4 is 23.6 Å². The van der Waals surface area contributed by atoms with Crippen molar-refractivity contribution in [2.24, 2.45) is 23.0 Å². The Balaban J connectivity index is 5.18. The third-order valence-corrected chi connectivity index (χ3v) is 4.11. The van der Waals surface area contributed by atoms with Crippen LogP contribution in [0.4, 0.5) is 4.79 Å². The molecular weight excluding hydrogens is 348 g/mol. The van der Waals surface area contributed by atoms with Crippen molar-refractivity contribution in [2.45, 2.75) is 73.4 Å². The van der Waals surface area contributed by atoms with Crippen LogP contribution in [-0.4, -0.2) is 42.3 Å². The van der Waals surface area contributed by atoms with Gasteiger partial charge in [-0.1, -0.05) is 48.5 Å². The molecule has 0 aliphatic heterocycles. The summed E-state index contributed by atoms with van der Waals surface area (Å²) in [5.74, 6) is -1.08. The first-order chi connectivity index (χ1) is 12.3. The van der Waals surface area contributed by atoms with E-state index in [4.69, 9.17) is 5.73 Å². The molecule has 8 nitrogen and oxygen atoms in total. The second kappa shape index (κ2) is 10.9. The number of hydrogen-bond donors (Lipinski definition) is 4. The van der Waals surface area contributed by atoms with Gasteiger partial charge in [0.2, 0.25) is 11.8 Å². The standard InChI is InChI=1S/C19H36N4O4/c1-11(2)14(23-16(25)12(3)4)17(26)22-13(15(24)19(5,6)7)9-8-10-21-18(20)27/h11-14H,8-10H2,1-7H3,(H,22,26)(H,23,25)(H3,20,21,27)/t13-,14-/m0/s1. The van der Waals surface area contributed by atoms with Gasteiger partial charge in [0, 0.05) is 17.9 Å². The van der Waals surface area contributed by atoms with Gasteiger partial charge in [-0.3, -0.25) is 14.4 Å². The highest BCUT2D eigenvalue weighted by Crippen LogP contribution is 2.19. The molecular formula is C19H36N4O4. The zero-order chi connectivity index (χ0) is 21.4. The number of nitrogens with one attached hydrogen (secondary N) is 3. The van der Waals surface area contributed by atoms with Gasteiger partial charge in [0.15, 0.2) is 5.78 Å². The van der Waals surface area contributed by atoms with Crippen molar-refractivity contribution in [2.75, 3.05) is 6.54 Å². The van der Waals surface area contributed by atoms with E-state index >= 15 is 0 Å². The Hall–Kier alpha value is -2.12. The average molecular weight is 385 g/mol. The maximum atomic E-state index is 12.8. The molecule has 0 bridgehead atoms. The topological polar surface area (TPSA) is 130 Å². The van der Waals surface area contributed by atoms with E-state index in [1.165, 1.54) is 0 Å². The molecule has 0 unspecified atom stereocenters. The predicted molar refractivity (Wildman–Crippen MR) is 105 cm³/mol. The van der Waals surface area contributed by atoms with E-state index < -0.39 is 23.5 Å². The van der Waals surface area contributed by atoms with Gasteiger partial charge in [0.05, 0.1) is 6.04 Å². The molecule has 4 amide bonds. The van der Waals surface area contributed by atoms with E-state index in [1.807, 2.05) is 13.8 Å². The first-order valence-corrected chi connectivity index (χ1v) is 9.45. The summed E-state index contributed by atoms with van der Waals surface area (Å²) in [7, 11) is 0. The molecule has 0 aliphatic carbocycles. The molecule has 0 aliphatic rings. The number of rotatable bonds is 10. The fraction of sp³-hybridized carbons (Fsp3) is 0.789. The van der Waals surface area contributed by atoms with Crippen molar-refractivity contribution < 1.29 is 19.2 Å². The molecule has 5 N–H and O–H groups in total. The van der Waals surface area contributed by atoms with Crippen LogP contribution < -0.4 is 21.7 Å². The molecule has 0 aromatic rings. The van der Waals surface area contributed by atoms with Crippen molar-refractivity contribution in [3.8, 4) is 0 Å². The fourth-order valence-corrected chi connectivity index (χ4v) is 2.43. The van der Waals surface area contributed by atoms with Gasteiger partial charge in [-0.15, -0.1) is 0 Å². The quantitative estimate of drug-likeness (QED) is 0.423. The lowest BCUT2D eigenvalue weighted by Crippen LogP contribution is -2.55. The zero-order valence-electron chi connectivity index (χ0n) is 17.6. The van der Waals surface area contributed by atoms with Crippen LogP contribution in [0, 0.1) is 17.3 Å². The smallest absolute Gasteiger partial charge is 0.312 e. The molecule has 0 saturated carbocycles. The van der Waals surface area contributed by atoms with Crippen LogP contribution in [0.5, 0.6) is 0 Å². The monoisotopic (exact) mass is 384 g/mol. The molecule has 0 heterocycles. The van der Waals surface area contributed by atoms with Crippen LogP contribution in [0.25, 0.3) is 0 Å². The highest BCUT2D eigenvalue weighted by Gasteiger charge is 2.33. The van der Waals surface area contributed by atoms with Gasteiger partial charge in [0.25, 0.3) is 0 Å². The Morgan fingerprint density at radius 1 is 0.926 bits per heavy atom. The molecule has 156 valence electrons. The fourth-order valence-electron chi connectivity index (χ4n) is 2.43. The van der Waals surface area contributed by atoms with Crippen LogP contribution in [0.1, 0.15) is 61.3 Å². The lowest BCUT2D eigenvalue weighted by Gasteiger charge is -2.29. The summed E-state index contributed by atoms with van der Waals surface area (Å²) in [5.41, 5.74) is 4.40. The largest absolute Gasteiger partial charge is 0.352 e. The van der Waals surface area contributed by atoms with Gasteiger partial charge in [-0.05, 0) is 18.8 Å².